The summed E-state index contributed by atoms with van der Waals surface area (Å²) in [5, 5.41) is 12.6. The van der Waals surface area contributed by atoms with Gasteiger partial charge in [0.05, 0.1) is 0 Å². The summed E-state index contributed by atoms with van der Waals surface area (Å²) in [6, 6.07) is 1.84. The molecular weight excluding hydrogens is 443 g/mol. The van der Waals surface area contributed by atoms with Crippen LogP contribution in [0.25, 0.3) is 0 Å². The molecule has 1 aromatic heterocycles. The summed E-state index contributed by atoms with van der Waals surface area (Å²) in [5.74, 6) is 2.24. The van der Waals surface area contributed by atoms with Crippen LogP contribution in [0.2, 0.25) is 0 Å². The zero-order chi connectivity index (χ0) is 17.9. The SMILES string of the molecule is CCCC(CCO)CN=C(NCC)N1CCN(c2ncccn2)CC1.I. The van der Waals surface area contributed by atoms with Crippen LogP contribution in [0.4, 0.5) is 5.95 Å². The number of aliphatic hydroxyl groups is 1. The maximum Gasteiger partial charge on any atom is 0.225 e. The van der Waals surface area contributed by atoms with E-state index in [1.807, 2.05) is 6.07 Å². The first-order valence-electron chi connectivity index (χ1n) is 9.44. The third-order valence-electron chi connectivity index (χ3n) is 4.48. The molecule has 0 spiro atoms. The van der Waals surface area contributed by atoms with Crippen LogP contribution in [-0.4, -0.2) is 71.8 Å². The van der Waals surface area contributed by atoms with Crippen molar-refractivity contribution in [2.75, 3.05) is 50.8 Å². The fourth-order valence-electron chi connectivity index (χ4n) is 3.13. The summed E-state index contributed by atoms with van der Waals surface area (Å²) >= 11 is 0. The maximum absolute atomic E-state index is 9.23. The zero-order valence-electron chi connectivity index (χ0n) is 16.0. The number of nitrogens with zero attached hydrogens (tertiary/aromatic N) is 5. The molecule has 0 aliphatic carbocycles. The fraction of sp³-hybridized carbons (Fsp3) is 0.722. The molecule has 1 aliphatic heterocycles. The highest BCUT2D eigenvalue weighted by Crippen LogP contribution is 2.13. The second-order valence-corrected chi connectivity index (χ2v) is 6.38. The molecule has 1 aliphatic rings. The minimum atomic E-state index is 0. The lowest BCUT2D eigenvalue weighted by Gasteiger charge is -2.36. The van der Waals surface area contributed by atoms with Gasteiger partial charge in [-0.3, -0.25) is 4.99 Å². The lowest BCUT2D eigenvalue weighted by Crippen LogP contribution is -2.53. The Kier molecular flexibility index (Phi) is 11.5. The molecule has 148 valence electrons. The molecule has 1 saturated heterocycles. The van der Waals surface area contributed by atoms with E-state index >= 15 is 0 Å². The van der Waals surface area contributed by atoms with Crippen LogP contribution in [-0.2, 0) is 0 Å². The van der Waals surface area contributed by atoms with Gasteiger partial charge < -0.3 is 20.2 Å². The summed E-state index contributed by atoms with van der Waals surface area (Å²) in [6.07, 6.45) is 6.65. The predicted octanol–water partition coefficient (Wildman–Crippen LogP) is 1.98. The number of aliphatic imine (C=N–C) groups is 1. The third kappa shape index (κ3) is 7.22. The summed E-state index contributed by atoms with van der Waals surface area (Å²) in [7, 11) is 0. The van der Waals surface area contributed by atoms with Gasteiger partial charge in [-0.2, -0.15) is 0 Å². The molecule has 1 unspecified atom stereocenters. The molecule has 0 aromatic carbocycles. The Morgan fingerprint density at radius 2 is 1.88 bits per heavy atom. The average Bonchev–Trinajstić information content (AvgIpc) is 2.66. The molecule has 26 heavy (non-hydrogen) atoms. The van der Waals surface area contributed by atoms with Crippen molar-refractivity contribution in [3.63, 3.8) is 0 Å². The maximum atomic E-state index is 9.23. The van der Waals surface area contributed by atoms with E-state index in [4.69, 9.17) is 4.99 Å². The standard InChI is InChI=1S/C18H32N6O.HI/c1-3-6-16(7-14-25)15-22-17(19-4-2)23-10-12-24(13-11-23)18-20-8-5-9-21-18;/h5,8-9,16,25H,3-4,6-7,10-15H2,1-2H3,(H,19,22);1H. The highest BCUT2D eigenvalue weighted by Gasteiger charge is 2.21. The van der Waals surface area contributed by atoms with E-state index in [0.717, 1.165) is 70.4 Å². The number of guanidine groups is 1. The number of halogens is 1. The number of hydrogen-bond donors (Lipinski definition) is 2. The molecular formula is C18H33IN6O. The molecule has 0 bridgehead atoms. The van der Waals surface area contributed by atoms with E-state index < -0.39 is 0 Å². The summed E-state index contributed by atoms with van der Waals surface area (Å²) in [6.45, 7) is 9.76. The minimum Gasteiger partial charge on any atom is -0.396 e. The highest BCUT2D eigenvalue weighted by atomic mass is 127. The molecule has 8 heteroatoms. The minimum absolute atomic E-state index is 0. The number of rotatable bonds is 8. The van der Waals surface area contributed by atoms with Crippen molar-refractivity contribution in [3.8, 4) is 0 Å². The number of hydrogen-bond acceptors (Lipinski definition) is 5. The first kappa shape index (κ1) is 22.9. The first-order chi connectivity index (χ1) is 12.3. The Hall–Kier alpha value is -1.16. The summed E-state index contributed by atoms with van der Waals surface area (Å²) in [4.78, 5) is 18.0. The Morgan fingerprint density at radius 1 is 1.19 bits per heavy atom. The van der Waals surface area contributed by atoms with E-state index in [1.54, 1.807) is 12.4 Å². The molecule has 2 heterocycles. The fourth-order valence-corrected chi connectivity index (χ4v) is 3.13. The van der Waals surface area contributed by atoms with Crippen LogP contribution in [0.1, 0.15) is 33.1 Å². The normalized spacial score (nSPS) is 16.2. The lowest BCUT2D eigenvalue weighted by atomic mass is 10.0. The van der Waals surface area contributed by atoms with Crippen LogP contribution in [0.3, 0.4) is 0 Å². The molecule has 7 nitrogen and oxygen atoms in total. The number of aromatic nitrogens is 2. The van der Waals surface area contributed by atoms with Gasteiger partial charge in [0.15, 0.2) is 5.96 Å². The van der Waals surface area contributed by atoms with Crippen molar-refractivity contribution >= 4 is 35.9 Å². The van der Waals surface area contributed by atoms with Gasteiger partial charge in [0.25, 0.3) is 0 Å². The second kappa shape index (κ2) is 13.1. The van der Waals surface area contributed by atoms with Gasteiger partial charge in [-0.15, -0.1) is 24.0 Å². The first-order valence-corrected chi connectivity index (χ1v) is 9.44. The zero-order valence-corrected chi connectivity index (χ0v) is 18.3. The molecule has 2 rings (SSSR count). The van der Waals surface area contributed by atoms with Crippen molar-refractivity contribution in [1.29, 1.82) is 0 Å². The van der Waals surface area contributed by atoms with E-state index in [-0.39, 0.29) is 30.6 Å². The lowest BCUT2D eigenvalue weighted by molar-refractivity contribution is 0.253. The van der Waals surface area contributed by atoms with E-state index in [9.17, 15) is 5.11 Å². The Bertz CT molecular complexity index is 502. The number of piperazine rings is 1. The molecule has 1 aromatic rings. The molecule has 1 fully saturated rings. The quantitative estimate of drug-likeness (QED) is 0.340. The van der Waals surface area contributed by atoms with Gasteiger partial charge in [0, 0.05) is 58.3 Å². The van der Waals surface area contributed by atoms with Gasteiger partial charge in [0.1, 0.15) is 0 Å². The molecule has 1 atom stereocenters. The van der Waals surface area contributed by atoms with E-state index in [2.05, 4.69) is 38.9 Å². The van der Waals surface area contributed by atoms with E-state index in [0.29, 0.717) is 5.92 Å². The Labute approximate surface area is 174 Å². The molecule has 2 N–H and O–H groups in total. The van der Waals surface area contributed by atoms with E-state index in [1.165, 1.54) is 0 Å². The molecule has 0 radical (unpaired) electrons. The number of aliphatic hydroxyl groups excluding tert-OH is 1. The highest BCUT2D eigenvalue weighted by molar-refractivity contribution is 14.0. The summed E-state index contributed by atoms with van der Waals surface area (Å²) < 4.78 is 0. The van der Waals surface area contributed by atoms with Gasteiger partial charge in [-0.05, 0) is 31.7 Å². The van der Waals surface area contributed by atoms with Crippen molar-refractivity contribution in [3.05, 3.63) is 18.5 Å². The Morgan fingerprint density at radius 3 is 2.46 bits per heavy atom. The van der Waals surface area contributed by atoms with Crippen LogP contribution >= 0.6 is 24.0 Å². The average molecular weight is 476 g/mol. The van der Waals surface area contributed by atoms with Crippen LogP contribution in [0.5, 0.6) is 0 Å². The van der Waals surface area contributed by atoms with Gasteiger partial charge in [-0.1, -0.05) is 13.3 Å². The second-order valence-electron chi connectivity index (χ2n) is 6.38. The van der Waals surface area contributed by atoms with Crippen LogP contribution in [0.15, 0.2) is 23.5 Å². The van der Waals surface area contributed by atoms with Crippen molar-refractivity contribution in [2.24, 2.45) is 10.9 Å². The van der Waals surface area contributed by atoms with Gasteiger partial charge in [0.2, 0.25) is 5.95 Å². The predicted molar refractivity (Wildman–Crippen MR) is 117 cm³/mol. The molecule has 0 amide bonds. The Balaban J connectivity index is 0.00000338. The monoisotopic (exact) mass is 476 g/mol. The van der Waals surface area contributed by atoms with Crippen molar-refractivity contribution < 1.29 is 5.11 Å². The third-order valence-corrected chi connectivity index (χ3v) is 4.48. The topological polar surface area (TPSA) is 76.9 Å². The van der Waals surface area contributed by atoms with Crippen molar-refractivity contribution in [1.82, 2.24) is 20.2 Å². The van der Waals surface area contributed by atoms with Crippen LogP contribution < -0.4 is 10.2 Å². The summed E-state index contributed by atoms with van der Waals surface area (Å²) in [5.41, 5.74) is 0. The van der Waals surface area contributed by atoms with Gasteiger partial charge >= 0.3 is 0 Å². The number of nitrogens with one attached hydrogen (secondary N) is 1. The smallest absolute Gasteiger partial charge is 0.225 e. The van der Waals surface area contributed by atoms with Crippen LogP contribution in [0, 0.1) is 5.92 Å². The van der Waals surface area contributed by atoms with Gasteiger partial charge in [-0.25, -0.2) is 9.97 Å². The van der Waals surface area contributed by atoms with Crippen molar-refractivity contribution in [2.45, 2.75) is 33.1 Å². The molecule has 0 saturated carbocycles. The number of anilines is 1. The largest absolute Gasteiger partial charge is 0.396 e.